The molecule has 0 aliphatic heterocycles. The highest BCUT2D eigenvalue weighted by atomic mass is 15.1. The van der Waals surface area contributed by atoms with Gasteiger partial charge < -0.3 is 10.6 Å². The van der Waals surface area contributed by atoms with E-state index in [1.165, 1.54) is 6.33 Å². The SMILES string of the molecule is N#Cc1ccc(Nc2cc(Nc3ccccc3C#N)ncn2)cc1. The van der Waals surface area contributed by atoms with Gasteiger partial charge in [-0.2, -0.15) is 10.5 Å². The molecule has 0 saturated heterocycles. The monoisotopic (exact) mass is 312 g/mol. The third-order valence-corrected chi connectivity index (χ3v) is 3.26. The summed E-state index contributed by atoms with van der Waals surface area (Å²) in [7, 11) is 0. The molecule has 1 heterocycles. The van der Waals surface area contributed by atoms with Crippen LogP contribution in [0.2, 0.25) is 0 Å². The number of anilines is 4. The molecule has 0 saturated carbocycles. The second-order valence-corrected chi connectivity index (χ2v) is 4.89. The first-order valence-corrected chi connectivity index (χ1v) is 7.14. The number of rotatable bonds is 4. The van der Waals surface area contributed by atoms with E-state index in [1.807, 2.05) is 18.2 Å². The molecule has 3 aromatic rings. The van der Waals surface area contributed by atoms with Gasteiger partial charge in [0.1, 0.15) is 24.0 Å². The Bertz CT molecular complexity index is 935. The zero-order valence-electron chi connectivity index (χ0n) is 12.6. The van der Waals surface area contributed by atoms with Crippen molar-refractivity contribution in [1.82, 2.24) is 9.97 Å². The third kappa shape index (κ3) is 3.46. The average molecular weight is 312 g/mol. The number of hydrogen-bond donors (Lipinski definition) is 2. The lowest BCUT2D eigenvalue weighted by Crippen LogP contribution is -1.99. The predicted octanol–water partition coefficient (Wildman–Crippen LogP) is 3.71. The predicted molar refractivity (Wildman–Crippen MR) is 90.9 cm³/mol. The standard InChI is InChI=1S/C18H12N6/c19-10-13-5-7-15(8-6-13)23-17-9-18(22-12-21-17)24-16-4-2-1-3-14(16)11-20/h1-9,12H,(H2,21,22,23,24). The van der Waals surface area contributed by atoms with Gasteiger partial charge in [-0.05, 0) is 36.4 Å². The summed E-state index contributed by atoms with van der Waals surface area (Å²) in [6.45, 7) is 0. The minimum atomic E-state index is 0.540. The van der Waals surface area contributed by atoms with Crippen LogP contribution in [-0.2, 0) is 0 Å². The van der Waals surface area contributed by atoms with Crippen LogP contribution in [0.15, 0.2) is 60.9 Å². The molecule has 1 aromatic heterocycles. The maximum absolute atomic E-state index is 9.13. The summed E-state index contributed by atoms with van der Waals surface area (Å²) in [5.41, 5.74) is 2.63. The topological polar surface area (TPSA) is 97.4 Å². The zero-order valence-corrected chi connectivity index (χ0v) is 12.6. The zero-order chi connectivity index (χ0) is 16.8. The van der Waals surface area contributed by atoms with Crippen molar-refractivity contribution >= 4 is 23.0 Å². The van der Waals surface area contributed by atoms with Crippen LogP contribution in [0, 0.1) is 22.7 Å². The molecule has 2 aromatic carbocycles. The second kappa shape index (κ2) is 6.91. The number of hydrogen-bond acceptors (Lipinski definition) is 6. The van der Waals surface area contributed by atoms with Crippen LogP contribution in [0.4, 0.5) is 23.0 Å². The van der Waals surface area contributed by atoms with Crippen LogP contribution in [0.5, 0.6) is 0 Å². The van der Waals surface area contributed by atoms with E-state index in [0.717, 1.165) is 5.69 Å². The number of para-hydroxylation sites is 1. The molecule has 0 spiro atoms. The first kappa shape index (κ1) is 15.0. The van der Waals surface area contributed by atoms with Gasteiger partial charge in [0.25, 0.3) is 0 Å². The Kier molecular flexibility index (Phi) is 4.32. The van der Waals surface area contributed by atoms with Gasteiger partial charge in [-0.3, -0.25) is 0 Å². The molecule has 0 fully saturated rings. The number of nitriles is 2. The number of nitrogens with one attached hydrogen (secondary N) is 2. The van der Waals surface area contributed by atoms with Gasteiger partial charge in [-0.25, -0.2) is 9.97 Å². The van der Waals surface area contributed by atoms with Gasteiger partial charge in [0.05, 0.1) is 22.9 Å². The summed E-state index contributed by atoms with van der Waals surface area (Å²) in [5, 5.41) is 24.2. The van der Waals surface area contributed by atoms with E-state index in [9.17, 15) is 0 Å². The smallest absolute Gasteiger partial charge is 0.135 e. The minimum absolute atomic E-state index is 0.540. The van der Waals surface area contributed by atoms with Gasteiger partial charge >= 0.3 is 0 Å². The van der Waals surface area contributed by atoms with E-state index < -0.39 is 0 Å². The van der Waals surface area contributed by atoms with Crippen LogP contribution in [0.1, 0.15) is 11.1 Å². The van der Waals surface area contributed by atoms with Crippen molar-refractivity contribution in [3.63, 3.8) is 0 Å². The van der Waals surface area contributed by atoms with Crippen molar-refractivity contribution in [3.8, 4) is 12.1 Å². The van der Waals surface area contributed by atoms with Crippen LogP contribution >= 0.6 is 0 Å². The van der Waals surface area contributed by atoms with Gasteiger partial charge in [-0.1, -0.05) is 12.1 Å². The van der Waals surface area contributed by atoms with Gasteiger partial charge in [0.15, 0.2) is 0 Å². The Morgan fingerprint density at radius 3 is 2.21 bits per heavy atom. The molecule has 0 atom stereocenters. The molecule has 24 heavy (non-hydrogen) atoms. The molecule has 0 aliphatic rings. The van der Waals surface area contributed by atoms with Gasteiger partial charge in [0.2, 0.25) is 0 Å². The van der Waals surface area contributed by atoms with Crippen molar-refractivity contribution in [1.29, 1.82) is 10.5 Å². The molecule has 3 rings (SSSR count). The summed E-state index contributed by atoms with van der Waals surface area (Å²) in [4.78, 5) is 8.33. The molecule has 0 amide bonds. The summed E-state index contributed by atoms with van der Waals surface area (Å²) >= 11 is 0. The Balaban J connectivity index is 1.79. The molecule has 6 heteroatoms. The highest BCUT2D eigenvalue weighted by Crippen LogP contribution is 2.21. The van der Waals surface area contributed by atoms with Crippen molar-refractivity contribution in [3.05, 3.63) is 72.1 Å². The van der Waals surface area contributed by atoms with E-state index in [-0.39, 0.29) is 0 Å². The molecule has 2 N–H and O–H groups in total. The minimum Gasteiger partial charge on any atom is -0.340 e. The first-order chi connectivity index (χ1) is 11.8. The second-order valence-electron chi connectivity index (χ2n) is 4.89. The van der Waals surface area contributed by atoms with Crippen LogP contribution in [0.3, 0.4) is 0 Å². The lowest BCUT2D eigenvalue weighted by Gasteiger charge is -2.09. The first-order valence-electron chi connectivity index (χ1n) is 7.14. The molecule has 114 valence electrons. The molecule has 0 bridgehead atoms. The van der Waals surface area contributed by atoms with Crippen molar-refractivity contribution in [2.45, 2.75) is 0 Å². The number of benzene rings is 2. The maximum Gasteiger partial charge on any atom is 0.135 e. The summed E-state index contributed by atoms with van der Waals surface area (Å²) in [6, 6.07) is 20.2. The number of nitrogens with zero attached hydrogens (tertiary/aromatic N) is 4. The fourth-order valence-electron chi connectivity index (χ4n) is 2.10. The van der Waals surface area contributed by atoms with E-state index in [1.54, 1.807) is 36.4 Å². The Hall–Kier alpha value is -3.90. The Morgan fingerprint density at radius 2 is 1.50 bits per heavy atom. The highest BCUT2D eigenvalue weighted by Gasteiger charge is 2.04. The van der Waals surface area contributed by atoms with Crippen molar-refractivity contribution in [2.24, 2.45) is 0 Å². The van der Waals surface area contributed by atoms with Gasteiger partial charge in [-0.15, -0.1) is 0 Å². The molecular formula is C18H12N6. The largest absolute Gasteiger partial charge is 0.340 e. The molecule has 6 nitrogen and oxygen atoms in total. The molecule has 0 unspecified atom stereocenters. The van der Waals surface area contributed by atoms with Crippen LogP contribution < -0.4 is 10.6 Å². The summed E-state index contributed by atoms with van der Waals surface area (Å²) in [5.74, 6) is 1.18. The average Bonchev–Trinajstić information content (AvgIpc) is 2.63. The molecular weight excluding hydrogens is 300 g/mol. The summed E-state index contributed by atoms with van der Waals surface area (Å²) in [6.07, 6.45) is 1.43. The third-order valence-electron chi connectivity index (χ3n) is 3.26. The maximum atomic E-state index is 9.13. The van der Waals surface area contributed by atoms with E-state index in [2.05, 4.69) is 32.7 Å². The molecule has 0 aliphatic carbocycles. The highest BCUT2D eigenvalue weighted by molar-refractivity contribution is 5.67. The quantitative estimate of drug-likeness (QED) is 0.762. The Morgan fingerprint density at radius 1 is 0.792 bits per heavy atom. The fraction of sp³-hybridized carbons (Fsp3) is 0. The van der Waals surface area contributed by atoms with Crippen LogP contribution in [-0.4, -0.2) is 9.97 Å². The van der Waals surface area contributed by atoms with E-state index in [0.29, 0.717) is 28.5 Å². The normalized spacial score (nSPS) is 9.58. The number of aromatic nitrogens is 2. The lowest BCUT2D eigenvalue weighted by molar-refractivity contribution is 1.17. The fourth-order valence-corrected chi connectivity index (χ4v) is 2.10. The lowest BCUT2D eigenvalue weighted by atomic mass is 10.2. The van der Waals surface area contributed by atoms with Crippen molar-refractivity contribution < 1.29 is 0 Å². The summed E-state index contributed by atoms with van der Waals surface area (Å²) < 4.78 is 0. The van der Waals surface area contributed by atoms with E-state index in [4.69, 9.17) is 10.5 Å². The van der Waals surface area contributed by atoms with E-state index >= 15 is 0 Å². The molecule has 0 radical (unpaired) electrons. The van der Waals surface area contributed by atoms with Gasteiger partial charge in [0, 0.05) is 11.8 Å². The van der Waals surface area contributed by atoms with Crippen LogP contribution in [0.25, 0.3) is 0 Å². The Labute approximate surface area is 139 Å². The van der Waals surface area contributed by atoms with Crippen molar-refractivity contribution in [2.75, 3.05) is 10.6 Å².